The molecule has 2 N–H and O–H groups in total. The highest BCUT2D eigenvalue weighted by Gasteiger charge is 2.03. The Morgan fingerprint density at radius 2 is 2.09 bits per heavy atom. The summed E-state index contributed by atoms with van der Waals surface area (Å²) >= 11 is 0. The Kier molecular flexibility index (Phi) is 2.36. The van der Waals surface area contributed by atoms with Crippen LogP contribution in [-0.2, 0) is 0 Å². The summed E-state index contributed by atoms with van der Waals surface area (Å²) in [6, 6.07) is 4.93. The van der Waals surface area contributed by atoms with E-state index in [-0.39, 0.29) is 11.5 Å². The minimum Gasteiger partial charge on any atom is -0.504 e. The normalized spacial score (nSPS) is 9.91. The average Bonchev–Trinajstić information content (AvgIpc) is 1.99. The number of phenols is 2. The molecule has 0 amide bonds. The summed E-state index contributed by atoms with van der Waals surface area (Å²) in [6.07, 6.45) is 2.70. The molecule has 11 heavy (non-hydrogen) atoms. The van der Waals surface area contributed by atoms with E-state index in [1.807, 2.05) is 13.3 Å². The quantitative estimate of drug-likeness (QED) is 0.635. The molecule has 0 fully saturated rings. The molecule has 0 aliphatic carbocycles. The minimum atomic E-state index is -0.0628. The predicted molar refractivity (Wildman–Crippen MR) is 43.5 cm³/mol. The Bertz CT molecular complexity index is 243. The molecule has 0 saturated heterocycles. The SMILES string of the molecule is CC[CH]c1cccc(O)c1O. The van der Waals surface area contributed by atoms with Crippen molar-refractivity contribution < 1.29 is 10.2 Å². The van der Waals surface area contributed by atoms with Crippen LogP contribution in [0.15, 0.2) is 18.2 Å². The summed E-state index contributed by atoms with van der Waals surface area (Å²) in [6.45, 7) is 1.98. The topological polar surface area (TPSA) is 40.5 Å². The zero-order chi connectivity index (χ0) is 8.27. The fourth-order valence-electron chi connectivity index (χ4n) is 0.933. The molecule has 0 aliphatic heterocycles. The molecular weight excluding hydrogens is 140 g/mol. The molecule has 0 saturated carbocycles. The summed E-state index contributed by atoms with van der Waals surface area (Å²) in [5.74, 6) is -0.0958. The molecule has 1 rings (SSSR count). The molecular formula is C9H11O2. The number of aromatic hydroxyl groups is 2. The Balaban J connectivity index is 2.96. The number of hydrogen-bond donors (Lipinski definition) is 2. The summed E-state index contributed by atoms with van der Waals surface area (Å²) in [5.41, 5.74) is 0.688. The van der Waals surface area contributed by atoms with E-state index in [1.165, 1.54) is 6.07 Å². The van der Waals surface area contributed by atoms with Crippen LogP contribution >= 0.6 is 0 Å². The molecule has 59 valence electrons. The number of benzene rings is 1. The van der Waals surface area contributed by atoms with E-state index >= 15 is 0 Å². The van der Waals surface area contributed by atoms with Crippen molar-refractivity contribution in [1.29, 1.82) is 0 Å². The summed E-state index contributed by atoms with van der Waals surface area (Å²) in [7, 11) is 0. The summed E-state index contributed by atoms with van der Waals surface area (Å²) < 4.78 is 0. The van der Waals surface area contributed by atoms with E-state index in [4.69, 9.17) is 5.11 Å². The third kappa shape index (κ3) is 1.64. The minimum absolute atomic E-state index is 0.0330. The van der Waals surface area contributed by atoms with Crippen molar-refractivity contribution in [2.24, 2.45) is 0 Å². The largest absolute Gasteiger partial charge is 0.504 e. The Hall–Kier alpha value is -1.18. The van der Waals surface area contributed by atoms with Gasteiger partial charge in [0.25, 0.3) is 0 Å². The predicted octanol–water partition coefficient (Wildman–Crippen LogP) is 2.06. The highest BCUT2D eigenvalue weighted by Crippen LogP contribution is 2.29. The maximum Gasteiger partial charge on any atom is 0.160 e. The number of hydrogen-bond acceptors (Lipinski definition) is 2. The van der Waals surface area contributed by atoms with Crippen LogP contribution in [0.1, 0.15) is 18.9 Å². The van der Waals surface area contributed by atoms with Gasteiger partial charge in [-0.2, -0.15) is 0 Å². The summed E-state index contributed by atoms with van der Waals surface area (Å²) in [5, 5.41) is 18.3. The fraction of sp³-hybridized carbons (Fsp3) is 0.222. The standard InChI is InChI=1S/C9H11O2/c1-2-4-7-5-3-6-8(10)9(7)11/h3-6,10-11H,2H2,1H3. The van der Waals surface area contributed by atoms with E-state index < -0.39 is 0 Å². The van der Waals surface area contributed by atoms with Gasteiger partial charge in [0.1, 0.15) is 0 Å². The molecule has 1 radical (unpaired) electrons. The van der Waals surface area contributed by atoms with Crippen LogP contribution in [0.5, 0.6) is 11.5 Å². The van der Waals surface area contributed by atoms with Gasteiger partial charge in [0, 0.05) is 5.56 Å². The van der Waals surface area contributed by atoms with Gasteiger partial charge in [0.05, 0.1) is 0 Å². The Labute approximate surface area is 66.1 Å². The molecule has 1 aromatic carbocycles. The van der Waals surface area contributed by atoms with Gasteiger partial charge >= 0.3 is 0 Å². The van der Waals surface area contributed by atoms with Crippen LogP contribution in [0.25, 0.3) is 0 Å². The zero-order valence-electron chi connectivity index (χ0n) is 6.41. The number of phenolic OH excluding ortho intramolecular Hbond substituents is 2. The highest BCUT2D eigenvalue weighted by molar-refractivity contribution is 5.47. The smallest absolute Gasteiger partial charge is 0.160 e. The maximum atomic E-state index is 9.25. The van der Waals surface area contributed by atoms with Gasteiger partial charge in [-0.1, -0.05) is 19.1 Å². The van der Waals surface area contributed by atoms with Gasteiger partial charge < -0.3 is 10.2 Å². The van der Waals surface area contributed by atoms with Gasteiger partial charge in [-0.05, 0) is 18.9 Å². The highest BCUT2D eigenvalue weighted by atomic mass is 16.3. The Morgan fingerprint density at radius 1 is 1.36 bits per heavy atom. The van der Waals surface area contributed by atoms with Gasteiger partial charge in [0.15, 0.2) is 11.5 Å². The first-order valence-electron chi connectivity index (χ1n) is 3.60. The van der Waals surface area contributed by atoms with Gasteiger partial charge in [0.2, 0.25) is 0 Å². The lowest BCUT2D eigenvalue weighted by molar-refractivity contribution is 0.401. The molecule has 0 heterocycles. The first-order valence-corrected chi connectivity index (χ1v) is 3.60. The van der Waals surface area contributed by atoms with Crippen LogP contribution in [0, 0.1) is 6.42 Å². The van der Waals surface area contributed by atoms with Crippen molar-refractivity contribution in [3.8, 4) is 11.5 Å². The van der Waals surface area contributed by atoms with Crippen molar-refractivity contribution in [1.82, 2.24) is 0 Å². The van der Waals surface area contributed by atoms with E-state index in [0.29, 0.717) is 5.56 Å². The van der Waals surface area contributed by atoms with E-state index in [1.54, 1.807) is 12.1 Å². The lowest BCUT2D eigenvalue weighted by Gasteiger charge is -2.02. The maximum absolute atomic E-state index is 9.25. The van der Waals surface area contributed by atoms with Crippen LogP contribution < -0.4 is 0 Å². The van der Waals surface area contributed by atoms with Crippen molar-refractivity contribution in [3.63, 3.8) is 0 Å². The van der Waals surface area contributed by atoms with Crippen LogP contribution in [0.2, 0.25) is 0 Å². The number of rotatable bonds is 2. The zero-order valence-corrected chi connectivity index (χ0v) is 6.41. The van der Waals surface area contributed by atoms with E-state index in [2.05, 4.69) is 0 Å². The molecule has 0 atom stereocenters. The summed E-state index contributed by atoms with van der Waals surface area (Å²) in [4.78, 5) is 0. The molecule has 0 aliphatic rings. The molecule has 0 aromatic heterocycles. The van der Waals surface area contributed by atoms with Crippen LogP contribution in [0.3, 0.4) is 0 Å². The molecule has 2 heteroatoms. The second-order valence-corrected chi connectivity index (χ2v) is 2.33. The van der Waals surface area contributed by atoms with E-state index in [0.717, 1.165) is 6.42 Å². The van der Waals surface area contributed by atoms with Gasteiger partial charge in [-0.3, -0.25) is 0 Å². The van der Waals surface area contributed by atoms with Crippen LogP contribution in [-0.4, -0.2) is 10.2 Å². The Morgan fingerprint density at radius 3 is 2.73 bits per heavy atom. The molecule has 2 nitrogen and oxygen atoms in total. The van der Waals surface area contributed by atoms with Crippen molar-refractivity contribution >= 4 is 0 Å². The molecule has 1 aromatic rings. The van der Waals surface area contributed by atoms with E-state index in [9.17, 15) is 5.11 Å². The average molecular weight is 151 g/mol. The molecule has 0 unspecified atom stereocenters. The second kappa shape index (κ2) is 3.28. The lowest BCUT2D eigenvalue weighted by atomic mass is 10.1. The second-order valence-electron chi connectivity index (χ2n) is 2.33. The lowest BCUT2D eigenvalue weighted by Crippen LogP contribution is -1.80. The third-order valence-corrected chi connectivity index (χ3v) is 1.47. The first-order chi connectivity index (χ1) is 5.25. The van der Waals surface area contributed by atoms with Crippen molar-refractivity contribution in [2.75, 3.05) is 0 Å². The molecule has 0 spiro atoms. The monoisotopic (exact) mass is 151 g/mol. The molecule has 0 bridgehead atoms. The van der Waals surface area contributed by atoms with Crippen LogP contribution in [0.4, 0.5) is 0 Å². The first kappa shape index (κ1) is 7.92. The number of para-hydroxylation sites is 1. The van der Waals surface area contributed by atoms with Crippen molar-refractivity contribution in [2.45, 2.75) is 13.3 Å². The van der Waals surface area contributed by atoms with Crippen molar-refractivity contribution in [3.05, 3.63) is 30.2 Å². The van der Waals surface area contributed by atoms with Gasteiger partial charge in [-0.25, -0.2) is 0 Å². The fourth-order valence-corrected chi connectivity index (χ4v) is 0.933. The van der Waals surface area contributed by atoms with Gasteiger partial charge in [-0.15, -0.1) is 0 Å². The third-order valence-electron chi connectivity index (χ3n) is 1.47.